The normalized spacial score (nSPS) is 19.5. The molecule has 0 radical (unpaired) electrons. The summed E-state index contributed by atoms with van der Waals surface area (Å²) in [6, 6.07) is -0.131. The van der Waals surface area contributed by atoms with Gasteiger partial charge in [0.25, 0.3) is 0 Å². The van der Waals surface area contributed by atoms with E-state index in [1.165, 1.54) is 12.8 Å². The molecule has 0 aliphatic carbocycles. The van der Waals surface area contributed by atoms with E-state index in [-0.39, 0.29) is 17.5 Å². The fourth-order valence-electron chi connectivity index (χ4n) is 2.83. The van der Waals surface area contributed by atoms with Crippen LogP contribution in [0.4, 0.5) is 0 Å². The van der Waals surface area contributed by atoms with E-state index in [1.54, 1.807) is 11.8 Å². The Morgan fingerprint density at radius 3 is 2.19 bits per heavy atom. The molecule has 1 unspecified atom stereocenters. The number of carbonyl (C=O) groups is 1. The van der Waals surface area contributed by atoms with Crippen LogP contribution in [0.25, 0.3) is 0 Å². The molecule has 1 atom stereocenters. The van der Waals surface area contributed by atoms with Crippen LogP contribution in [0.15, 0.2) is 0 Å². The number of hydrogen-bond donors (Lipinski definition) is 2. The van der Waals surface area contributed by atoms with Crippen molar-refractivity contribution in [3.8, 4) is 0 Å². The molecular formula is C17H34N2O2. The van der Waals surface area contributed by atoms with Gasteiger partial charge in [-0.25, -0.2) is 0 Å². The fourth-order valence-corrected chi connectivity index (χ4v) is 2.83. The van der Waals surface area contributed by atoms with Crippen LogP contribution in [0.2, 0.25) is 0 Å². The van der Waals surface area contributed by atoms with Crippen molar-refractivity contribution >= 4 is 5.91 Å². The van der Waals surface area contributed by atoms with Crippen molar-refractivity contribution < 1.29 is 9.90 Å². The maximum Gasteiger partial charge on any atom is 0.239 e. The van der Waals surface area contributed by atoms with Gasteiger partial charge in [-0.1, -0.05) is 33.1 Å². The lowest BCUT2D eigenvalue weighted by molar-refractivity contribution is -0.155. The average Bonchev–Trinajstić information content (AvgIpc) is 2.27. The minimum absolute atomic E-state index is 0.0776. The zero-order valence-corrected chi connectivity index (χ0v) is 14.7. The Kier molecular flexibility index (Phi) is 6.23. The SMILES string of the molecule is CC(C)CCCCC(NC(C)(C)C)C(=O)N1CC(C)(O)C1. The first-order valence-electron chi connectivity index (χ1n) is 8.29. The largest absolute Gasteiger partial charge is 0.386 e. The number of β-amino-alcohol motifs (C(OH)–C–C–N with tert-alkyl or cyclic N) is 1. The predicted molar refractivity (Wildman–Crippen MR) is 87.2 cm³/mol. The molecule has 1 fully saturated rings. The molecule has 1 heterocycles. The standard InChI is InChI=1S/C17H34N2O2/c1-13(2)9-7-8-10-14(18-16(3,4)5)15(20)19-11-17(6,21)12-19/h13-14,18,21H,7-12H2,1-6H3. The lowest BCUT2D eigenvalue weighted by atomic mass is 9.94. The minimum atomic E-state index is -0.695. The zero-order chi connectivity index (χ0) is 16.3. The quantitative estimate of drug-likeness (QED) is 0.710. The summed E-state index contributed by atoms with van der Waals surface area (Å²) in [6.07, 6.45) is 4.34. The highest BCUT2D eigenvalue weighted by molar-refractivity contribution is 5.83. The van der Waals surface area contributed by atoms with Gasteiger partial charge in [0.2, 0.25) is 5.91 Å². The van der Waals surface area contributed by atoms with E-state index in [9.17, 15) is 9.90 Å². The monoisotopic (exact) mass is 298 g/mol. The van der Waals surface area contributed by atoms with Crippen molar-refractivity contribution in [2.24, 2.45) is 5.92 Å². The number of hydrogen-bond acceptors (Lipinski definition) is 3. The molecule has 1 saturated heterocycles. The first kappa shape index (κ1) is 18.4. The second-order valence-corrected chi connectivity index (χ2v) is 8.32. The van der Waals surface area contributed by atoms with E-state index in [2.05, 4.69) is 39.9 Å². The van der Waals surface area contributed by atoms with Crippen LogP contribution in [0.3, 0.4) is 0 Å². The number of rotatable bonds is 7. The number of unbranched alkanes of at least 4 members (excludes halogenated alkanes) is 1. The molecule has 124 valence electrons. The highest BCUT2D eigenvalue weighted by Gasteiger charge is 2.41. The molecule has 0 saturated carbocycles. The Hall–Kier alpha value is -0.610. The molecule has 1 rings (SSSR count). The smallest absolute Gasteiger partial charge is 0.239 e. The molecule has 0 bridgehead atoms. The van der Waals surface area contributed by atoms with E-state index >= 15 is 0 Å². The second-order valence-electron chi connectivity index (χ2n) is 8.32. The molecule has 4 heteroatoms. The van der Waals surface area contributed by atoms with Gasteiger partial charge < -0.3 is 15.3 Å². The first-order chi connectivity index (χ1) is 9.50. The van der Waals surface area contributed by atoms with Crippen LogP contribution in [-0.2, 0) is 4.79 Å². The summed E-state index contributed by atoms with van der Waals surface area (Å²) in [5.74, 6) is 0.862. The highest BCUT2D eigenvalue weighted by Crippen LogP contribution is 2.22. The molecule has 1 aliphatic rings. The van der Waals surface area contributed by atoms with Crippen LogP contribution < -0.4 is 5.32 Å². The summed E-state index contributed by atoms with van der Waals surface area (Å²) in [5, 5.41) is 13.3. The molecule has 0 spiro atoms. The van der Waals surface area contributed by atoms with Crippen LogP contribution >= 0.6 is 0 Å². The number of carbonyl (C=O) groups excluding carboxylic acids is 1. The maximum absolute atomic E-state index is 12.6. The van der Waals surface area contributed by atoms with Gasteiger partial charge in [0, 0.05) is 5.54 Å². The van der Waals surface area contributed by atoms with Crippen molar-refractivity contribution in [1.29, 1.82) is 0 Å². The van der Waals surface area contributed by atoms with Crippen molar-refractivity contribution in [3.63, 3.8) is 0 Å². The third-order valence-corrected chi connectivity index (χ3v) is 3.80. The van der Waals surface area contributed by atoms with E-state index in [4.69, 9.17) is 0 Å². The Balaban J connectivity index is 2.50. The van der Waals surface area contributed by atoms with Gasteiger partial charge in [-0.05, 0) is 40.0 Å². The predicted octanol–water partition coefficient (Wildman–Crippen LogP) is 2.55. The molecule has 1 amide bonds. The zero-order valence-electron chi connectivity index (χ0n) is 14.7. The Morgan fingerprint density at radius 1 is 1.24 bits per heavy atom. The molecule has 0 aromatic rings. The highest BCUT2D eigenvalue weighted by atomic mass is 16.3. The van der Waals surface area contributed by atoms with Gasteiger partial charge in [-0.3, -0.25) is 4.79 Å². The molecule has 21 heavy (non-hydrogen) atoms. The van der Waals surface area contributed by atoms with Gasteiger partial charge in [-0.2, -0.15) is 0 Å². The van der Waals surface area contributed by atoms with Gasteiger partial charge in [0.05, 0.1) is 24.7 Å². The Labute approximate surface area is 130 Å². The summed E-state index contributed by atoms with van der Waals surface area (Å²) in [6.45, 7) is 13.4. The van der Waals surface area contributed by atoms with Crippen LogP contribution in [0.5, 0.6) is 0 Å². The number of likely N-dealkylation sites (tertiary alicyclic amines) is 1. The maximum atomic E-state index is 12.6. The van der Waals surface area contributed by atoms with Crippen LogP contribution in [0, 0.1) is 5.92 Å². The van der Waals surface area contributed by atoms with E-state index < -0.39 is 5.60 Å². The van der Waals surface area contributed by atoms with Gasteiger partial charge in [0.15, 0.2) is 0 Å². The van der Waals surface area contributed by atoms with Gasteiger partial charge in [-0.15, -0.1) is 0 Å². The van der Waals surface area contributed by atoms with E-state index in [0.29, 0.717) is 13.1 Å². The molecule has 4 nitrogen and oxygen atoms in total. The lowest BCUT2D eigenvalue weighted by Gasteiger charge is -2.46. The summed E-state index contributed by atoms with van der Waals surface area (Å²) in [5.41, 5.74) is -0.772. The van der Waals surface area contributed by atoms with Gasteiger partial charge in [0.1, 0.15) is 0 Å². The Morgan fingerprint density at radius 2 is 1.76 bits per heavy atom. The molecule has 2 N–H and O–H groups in total. The van der Waals surface area contributed by atoms with Crippen molar-refractivity contribution in [1.82, 2.24) is 10.2 Å². The summed E-state index contributed by atoms with van der Waals surface area (Å²) < 4.78 is 0. The number of aliphatic hydroxyl groups is 1. The molecule has 1 aliphatic heterocycles. The lowest BCUT2D eigenvalue weighted by Crippen LogP contribution is -2.65. The number of nitrogens with one attached hydrogen (secondary N) is 1. The average molecular weight is 298 g/mol. The summed E-state index contributed by atoms with van der Waals surface area (Å²) in [7, 11) is 0. The summed E-state index contributed by atoms with van der Waals surface area (Å²) >= 11 is 0. The third kappa shape index (κ3) is 6.79. The number of nitrogens with zero attached hydrogens (tertiary/aromatic N) is 1. The van der Waals surface area contributed by atoms with Crippen molar-refractivity contribution in [2.75, 3.05) is 13.1 Å². The van der Waals surface area contributed by atoms with E-state index in [0.717, 1.165) is 18.8 Å². The van der Waals surface area contributed by atoms with Crippen molar-refractivity contribution in [2.45, 2.75) is 84.4 Å². The summed E-state index contributed by atoms with van der Waals surface area (Å²) in [4.78, 5) is 14.3. The third-order valence-electron chi connectivity index (χ3n) is 3.80. The topological polar surface area (TPSA) is 52.6 Å². The Bertz CT molecular complexity index is 337. The van der Waals surface area contributed by atoms with Crippen LogP contribution in [0.1, 0.15) is 67.2 Å². The van der Waals surface area contributed by atoms with Gasteiger partial charge >= 0.3 is 0 Å². The van der Waals surface area contributed by atoms with Crippen molar-refractivity contribution in [3.05, 3.63) is 0 Å². The first-order valence-corrected chi connectivity index (χ1v) is 8.29. The van der Waals surface area contributed by atoms with Crippen LogP contribution in [-0.4, -0.2) is 46.2 Å². The number of amides is 1. The minimum Gasteiger partial charge on any atom is -0.386 e. The molecule has 0 aromatic heterocycles. The fraction of sp³-hybridized carbons (Fsp3) is 0.941. The van der Waals surface area contributed by atoms with E-state index in [1.807, 2.05) is 0 Å². The second kappa shape index (κ2) is 7.10. The molecular weight excluding hydrogens is 264 g/mol. The molecule has 0 aromatic carbocycles.